The minimum absolute atomic E-state index is 0.00850. The van der Waals surface area contributed by atoms with Crippen LogP contribution in [0, 0.1) is 11.8 Å². The van der Waals surface area contributed by atoms with E-state index in [1.807, 2.05) is 0 Å². The Balaban J connectivity index is 1.46. The number of unbranched alkanes of at least 4 members (excludes halogenated alkanes) is 2. The van der Waals surface area contributed by atoms with Gasteiger partial charge in [0, 0.05) is 24.0 Å². The molecule has 1 aliphatic heterocycles. The van der Waals surface area contributed by atoms with Gasteiger partial charge in [0.05, 0.1) is 19.3 Å². The molecule has 2 aromatic carbocycles. The third-order valence-electron chi connectivity index (χ3n) is 8.65. The van der Waals surface area contributed by atoms with Gasteiger partial charge in [0.1, 0.15) is 0 Å². The molecule has 1 saturated heterocycles. The van der Waals surface area contributed by atoms with E-state index in [1.54, 1.807) is 6.92 Å². The highest BCUT2D eigenvalue weighted by Gasteiger charge is 2.24. The number of hydrogen-bond acceptors (Lipinski definition) is 4. The molecule has 5 atom stereocenters. The molecule has 0 spiro atoms. The summed E-state index contributed by atoms with van der Waals surface area (Å²) < 4.78 is 11.5. The van der Waals surface area contributed by atoms with E-state index in [9.17, 15) is 9.90 Å². The van der Waals surface area contributed by atoms with Crippen LogP contribution in [0.25, 0.3) is 10.8 Å². The Kier molecular flexibility index (Phi) is 13.0. The number of esters is 1. The van der Waals surface area contributed by atoms with Crippen LogP contribution >= 0.6 is 0 Å². The van der Waals surface area contributed by atoms with Crippen molar-refractivity contribution >= 4 is 16.7 Å². The van der Waals surface area contributed by atoms with Crippen molar-refractivity contribution in [2.75, 3.05) is 19.8 Å². The first-order chi connectivity index (χ1) is 18.8. The molecule has 216 valence electrons. The minimum Gasteiger partial charge on any atom is -0.462 e. The van der Waals surface area contributed by atoms with Crippen LogP contribution in [0.2, 0.25) is 0 Å². The molecule has 0 bridgehead atoms. The third kappa shape index (κ3) is 10.1. The normalized spacial score (nSPS) is 19.9. The van der Waals surface area contributed by atoms with Crippen LogP contribution in [0.1, 0.15) is 115 Å². The Morgan fingerprint density at radius 1 is 1.05 bits per heavy atom. The molecule has 2 aromatic rings. The van der Waals surface area contributed by atoms with Gasteiger partial charge >= 0.3 is 5.97 Å². The maximum Gasteiger partial charge on any atom is 0.333 e. The van der Waals surface area contributed by atoms with Crippen molar-refractivity contribution in [1.29, 1.82) is 0 Å². The van der Waals surface area contributed by atoms with Crippen molar-refractivity contribution in [3.63, 3.8) is 0 Å². The summed E-state index contributed by atoms with van der Waals surface area (Å²) in [5, 5.41) is 12.3. The smallest absolute Gasteiger partial charge is 0.333 e. The summed E-state index contributed by atoms with van der Waals surface area (Å²) in [6, 6.07) is 14.0. The van der Waals surface area contributed by atoms with E-state index in [2.05, 4.69) is 63.7 Å². The average Bonchev–Trinajstić information content (AvgIpc) is 2.95. The lowest BCUT2D eigenvalue weighted by Crippen LogP contribution is -2.26. The number of rotatable bonds is 16. The zero-order chi connectivity index (χ0) is 28.2. The molecule has 0 saturated carbocycles. The Hall–Kier alpha value is -2.17. The van der Waals surface area contributed by atoms with E-state index in [4.69, 9.17) is 9.47 Å². The average molecular weight is 537 g/mol. The number of fused-ring (bicyclic) bond motifs is 1. The largest absolute Gasteiger partial charge is 0.462 e. The fourth-order valence-electron chi connectivity index (χ4n) is 5.69. The molecule has 1 aliphatic rings. The van der Waals surface area contributed by atoms with Crippen molar-refractivity contribution in [1.82, 2.24) is 0 Å². The Bertz CT molecular complexity index is 1040. The zero-order valence-corrected chi connectivity index (χ0v) is 24.9. The first-order valence-electron chi connectivity index (χ1n) is 15.4. The summed E-state index contributed by atoms with van der Waals surface area (Å²) in [5.41, 5.74) is 3.20. The molecule has 0 amide bonds. The van der Waals surface area contributed by atoms with Crippen molar-refractivity contribution in [2.45, 2.75) is 110 Å². The lowest BCUT2D eigenvalue weighted by Gasteiger charge is -2.30. The predicted octanol–water partition coefficient (Wildman–Crippen LogP) is 8.71. The van der Waals surface area contributed by atoms with Gasteiger partial charge in [-0.05, 0) is 72.8 Å². The van der Waals surface area contributed by atoms with Gasteiger partial charge in [-0.15, -0.1) is 0 Å². The molecule has 5 unspecified atom stereocenters. The minimum atomic E-state index is -0.394. The second-order valence-corrected chi connectivity index (χ2v) is 12.2. The van der Waals surface area contributed by atoms with Gasteiger partial charge < -0.3 is 14.6 Å². The number of ether oxygens (including phenoxy) is 2. The molecule has 39 heavy (non-hydrogen) atoms. The van der Waals surface area contributed by atoms with E-state index < -0.39 is 5.97 Å². The quantitative estimate of drug-likeness (QED) is 0.132. The van der Waals surface area contributed by atoms with Crippen molar-refractivity contribution in [2.24, 2.45) is 11.8 Å². The number of carbonyl (C=O) groups is 1. The number of carbonyl (C=O) groups excluding carboxylic acids is 1. The second kappa shape index (κ2) is 16.2. The molecule has 3 rings (SSSR count). The van der Waals surface area contributed by atoms with Crippen molar-refractivity contribution in [3.8, 4) is 0 Å². The van der Waals surface area contributed by atoms with E-state index in [0.717, 1.165) is 38.2 Å². The van der Waals surface area contributed by atoms with Crippen molar-refractivity contribution < 1.29 is 19.4 Å². The van der Waals surface area contributed by atoms with Gasteiger partial charge in [0.15, 0.2) is 0 Å². The van der Waals surface area contributed by atoms with Crippen LogP contribution < -0.4 is 0 Å². The van der Waals surface area contributed by atoms with E-state index in [0.29, 0.717) is 17.4 Å². The fraction of sp³-hybridized carbons (Fsp3) is 0.629. The first kappa shape index (κ1) is 31.4. The van der Waals surface area contributed by atoms with Gasteiger partial charge in [0.25, 0.3) is 0 Å². The SMILES string of the molecule is C=C(C)C(=O)OCC(CO)CCC1CCC(c2ccc3cc(C(C)CCC(C)CCCCC)ccc3c2)CO1. The monoisotopic (exact) mass is 536 g/mol. The van der Waals surface area contributed by atoms with Gasteiger partial charge in [-0.1, -0.05) is 95.9 Å². The van der Waals surface area contributed by atoms with Crippen LogP contribution in [0.4, 0.5) is 0 Å². The number of aliphatic hydroxyl groups excluding tert-OH is 1. The summed E-state index contributed by atoms with van der Waals surface area (Å²) in [6.07, 6.45) is 12.0. The molecule has 0 aliphatic carbocycles. The standard InChI is InChI=1S/C35H52O4/c1-6-7-8-9-26(4)10-11-27(5)29-13-14-31-21-32(16-15-30(31)20-29)33-17-19-34(38-24-33)18-12-28(22-36)23-39-35(37)25(2)3/h13-16,20-21,26-28,33-34,36H,2,6-12,17-19,22-24H2,1,3-5H3. The Morgan fingerprint density at radius 3 is 2.51 bits per heavy atom. The van der Waals surface area contributed by atoms with E-state index in [-0.39, 0.29) is 25.2 Å². The molecule has 1 N–H and O–H groups in total. The highest BCUT2D eigenvalue weighted by atomic mass is 16.5. The highest BCUT2D eigenvalue weighted by molar-refractivity contribution is 5.87. The number of hydrogen-bond donors (Lipinski definition) is 1. The lowest BCUT2D eigenvalue weighted by atomic mass is 9.87. The summed E-state index contributed by atoms with van der Waals surface area (Å²) in [7, 11) is 0. The highest BCUT2D eigenvalue weighted by Crippen LogP contribution is 2.33. The van der Waals surface area contributed by atoms with E-state index in [1.165, 1.54) is 60.4 Å². The zero-order valence-electron chi connectivity index (χ0n) is 24.9. The molecule has 4 nitrogen and oxygen atoms in total. The third-order valence-corrected chi connectivity index (χ3v) is 8.65. The van der Waals surface area contributed by atoms with Crippen molar-refractivity contribution in [3.05, 3.63) is 59.7 Å². The fourth-order valence-corrected chi connectivity index (χ4v) is 5.69. The van der Waals surface area contributed by atoms with Crippen LogP contribution in [0.5, 0.6) is 0 Å². The molecule has 1 fully saturated rings. The summed E-state index contributed by atoms with van der Waals surface area (Å²) in [4.78, 5) is 11.6. The maximum absolute atomic E-state index is 11.6. The first-order valence-corrected chi connectivity index (χ1v) is 15.4. The molecular formula is C35H52O4. The topological polar surface area (TPSA) is 55.8 Å². The molecule has 1 heterocycles. The van der Waals surface area contributed by atoms with Crippen LogP contribution in [-0.2, 0) is 14.3 Å². The predicted molar refractivity (Wildman–Crippen MR) is 162 cm³/mol. The maximum atomic E-state index is 11.6. The summed E-state index contributed by atoms with van der Waals surface area (Å²) in [6.45, 7) is 13.3. The van der Waals surface area contributed by atoms with Gasteiger partial charge in [-0.3, -0.25) is 0 Å². The van der Waals surface area contributed by atoms with Crippen LogP contribution in [0.15, 0.2) is 48.6 Å². The molecule has 0 aromatic heterocycles. The summed E-state index contributed by atoms with van der Waals surface area (Å²) >= 11 is 0. The van der Waals surface area contributed by atoms with E-state index >= 15 is 0 Å². The number of aliphatic hydroxyl groups is 1. The van der Waals surface area contributed by atoms with Gasteiger partial charge in [-0.25, -0.2) is 4.79 Å². The molecule has 4 heteroatoms. The Morgan fingerprint density at radius 2 is 1.82 bits per heavy atom. The lowest BCUT2D eigenvalue weighted by molar-refractivity contribution is -0.140. The second-order valence-electron chi connectivity index (χ2n) is 12.2. The summed E-state index contributed by atoms with van der Waals surface area (Å²) in [5.74, 6) is 1.38. The van der Waals surface area contributed by atoms with Crippen LogP contribution in [0.3, 0.4) is 0 Å². The van der Waals surface area contributed by atoms with Gasteiger partial charge in [0.2, 0.25) is 0 Å². The molecule has 0 radical (unpaired) electrons. The Labute approximate surface area is 237 Å². The van der Waals surface area contributed by atoms with Crippen LogP contribution in [-0.4, -0.2) is 37.0 Å². The number of benzene rings is 2. The van der Waals surface area contributed by atoms with Gasteiger partial charge in [-0.2, -0.15) is 0 Å². The molecular weight excluding hydrogens is 484 g/mol.